The molecule has 1 aromatic rings. The van der Waals surface area contributed by atoms with Gasteiger partial charge in [0.25, 0.3) is 9.84 Å². The molecule has 0 saturated carbocycles. The zero-order valence-electron chi connectivity index (χ0n) is 17.1. The Labute approximate surface area is 171 Å². The van der Waals surface area contributed by atoms with Gasteiger partial charge in [0.1, 0.15) is 0 Å². The van der Waals surface area contributed by atoms with Crippen molar-refractivity contribution in [1.29, 1.82) is 0 Å². The molecule has 1 heterocycles. The van der Waals surface area contributed by atoms with Crippen LogP contribution in [0.15, 0.2) is 35.2 Å². The standard InChI is InChI=1S/C18H25N3O6SSi/c1-18(2,3)29(4,5)27-11-14-17(23)26-12-21(14)16(22)15(20-19)28(24,25)13-9-7-6-8-10-13/h6-10,14H,11-12H2,1-5H3/t14-/m0/s1. The molecule has 1 saturated heterocycles. The average molecular weight is 440 g/mol. The third-order valence-corrected chi connectivity index (χ3v) is 11.4. The summed E-state index contributed by atoms with van der Waals surface area (Å²) in [7, 11) is -6.62. The van der Waals surface area contributed by atoms with E-state index in [2.05, 4.69) is 4.79 Å². The predicted molar refractivity (Wildman–Crippen MR) is 107 cm³/mol. The monoisotopic (exact) mass is 439 g/mol. The number of hydrogen-bond donors (Lipinski definition) is 0. The molecule has 1 aliphatic rings. The Hall–Kier alpha value is -2.33. The van der Waals surface area contributed by atoms with Crippen molar-refractivity contribution in [3.8, 4) is 0 Å². The summed E-state index contributed by atoms with van der Waals surface area (Å²) in [5.74, 6) is -1.84. The molecular formula is C18H25N3O6SSi. The third kappa shape index (κ3) is 4.64. The largest absolute Gasteiger partial charge is 0.473 e. The Morgan fingerprint density at radius 2 is 1.90 bits per heavy atom. The molecule has 11 heteroatoms. The second kappa shape index (κ2) is 8.19. The first kappa shape index (κ1) is 23.0. The quantitative estimate of drug-likeness (QED) is 0.176. The zero-order chi connectivity index (χ0) is 22.0. The summed E-state index contributed by atoms with van der Waals surface area (Å²) in [4.78, 5) is 28.4. The molecule has 1 atom stereocenters. The van der Waals surface area contributed by atoms with Gasteiger partial charge in [0.05, 0.1) is 11.5 Å². The third-order valence-electron chi connectivity index (χ3n) is 5.25. The molecule has 158 valence electrons. The number of sulfone groups is 1. The highest BCUT2D eigenvalue weighted by atomic mass is 32.2. The normalized spacial score (nSPS) is 17.6. The van der Waals surface area contributed by atoms with Crippen LogP contribution in [0.5, 0.6) is 0 Å². The minimum atomic E-state index is -4.39. The lowest BCUT2D eigenvalue weighted by Gasteiger charge is -2.37. The van der Waals surface area contributed by atoms with Crippen LogP contribution < -0.4 is 0 Å². The van der Waals surface area contributed by atoms with Gasteiger partial charge in [-0.2, -0.15) is 0 Å². The Bertz CT molecular complexity index is 950. The Morgan fingerprint density at radius 1 is 1.31 bits per heavy atom. The fourth-order valence-electron chi connectivity index (χ4n) is 2.35. The first-order chi connectivity index (χ1) is 13.3. The van der Waals surface area contributed by atoms with E-state index in [1.807, 2.05) is 33.9 Å². The number of hydrogen-bond acceptors (Lipinski definition) is 6. The summed E-state index contributed by atoms with van der Waals surface area (Å²) >= 11 is 0. The van der Waals surface area contributed by atoms with Crippen molar-refractivity contribution < 1.29 is 32.0 Å². The van der Waals surface area contributed by atoms with Gasteiger partial charge in [0.15, 0.2) is 21.1 Å². The van der Waals surface area contributed by atoms with Crippen LogP contribution in [0.1, 0.15) is 20.8 Å². The number of carbonyl (C=O) groups is 2. The van der Waals surface area contributed by atoms with Gasteiger partial charge in [0.2, 0.25) is 0 Å². The van der Waals surface area contributed by atoms with Gasteiger partial charge in [-0.1, -0.05) is 39.0 Å². The van der Waals surface area contributed by atoms with E-state index in [9.17, 15) is 23.5 Å². The summed E-state index contributed by atoms with van der Waals surface area (Å²) in [6.07, 6.45) is 0. The van der Waals surface area contributed by atoms with Crippen LogP contribution in [0.3, 0.4) is 0 Å². The lowest BCUT2D eigenvalue weighted by Crippen LogP contribution is -2.50. The molecule has 0 N–H and O–H groups in total. The van der Waals surface area contributed by atoms with E-state index in [-0.39, 0.29) is 16.5 Å². The zero-order valence-corrected chi connectivity index (χ0v) is 18.9. The topological polar surface area (TPSA) is 126 Å². The van der Waals surface area contributed by atoms with Gasteiger partial charge in [-0.05, 0) is 30.3 Å². The first-order valence-electron chi connectivity index (χ1n) is 8.96. The van der Waals surface area contributed by atoms with E-state index in [4.69, 9.17) is 9.16 Å². The molecule has 0 radical (unpaired) electrons. The molecule has 2 rings (SSSR count). The van der Waals surface area contributed by atoms with Crippen molar-refractivity contribution in [1.82, 2.24) is 4.90 Å². The second-order valence-electron chi connectivity index (χ2n) is 8.18. The van der Waals surface area contributed by atoms with Gasteiger partial charge < -0.3 is 14.7 Å². The maximum absolute atomic E-state index is 12.9. The lowest BCUT2D eigenvalue weighted by molar-refractivity contribution is -0.139. The lowest BCUT2D eigenvalue weighted by atomic mass is 10.2. The van der Waals surface area contributed by atoms with Crippen LogP contribution in [-0.4, -0.2) is 62.7 Å². The van der Waals surface area contributed by atoms with Crippen molar-refractivity contribution in [2.24, 2.45) is 0 Å². The first-order valence-corrected chi connectivity index (χ1v) is 13.4. The molecule has 1 amide bonds. The number of cyclic esters (lactones) is 1. The van der Waals surface area contributed by atoms with Crippen LogP contribution in [0.4, 0.5) is 0 Å². The van der Waals surface area contributed by atoms with Crippen LogP contribution in [0, 0.1) is 0 Å². The smallest absolute Gasteiger partial charge is 0.443 e. The minimum absolute atomic E-state index is 0.126. The predicted octanol–water partition coefficient (Wildman–Crippen LogP) is 1.82. The number of amides is 1. The van der Waals surface area contributed by atoms with Gasteiger partial charge >= 0.3 is 16.9 Å². The van der Waals surface area contributed by atoms with Crippen molar-refractivity contribution in [3.63, 3.8) is 0 Å². The van der Waals surface area contributed by atoms with E-state index in [0.29, 0.717) is 0 Å². The molecule has 1 fully saturated rings. The van der Waals surface area contributed by atoms with Crippen LogP contribution in [-0.2, 0) is 28.6 Å². The van der Waals surface area contributed by atoms with Gasteiger partial charge in [-0.25, -0.2) is 13.2 Å². The SMILES string of the molecule is CC(C)(C)[Si](C)(C)OC[C@H]1C(=O)OCN1C(=O)C(=[N+]=[N-])S(=O)(=O)c1ccccc1. The summed E-state index contributed by atoms with van der Waals surface area (Å²) < 4.78 is 36.4. The Kier molecular flexibility index (Phi) is 6.48. The molecule has 9 nitrogen and oxygen atoms in total. The Morgan fingerprint density at radius 3 is 2.41 bits per heavy atom. The number of rotatable bonds is 4. The highest BCUT2D eigenvalue weighted by molar-refractivity contribution is 8.08. The number of nitrogens with zero attached hydrogens (tertiary/aromatic N) is 3. The number of esters is 1. The molecule has 0 spiro atoms. The molecule has 1 aliphatic heterocycles. The van der Waals surface area contributed by atoms with Crippen molar-refractivity contribution in [3.05, 3.63) is 35.9 Å². The molecule has 0 aliphatic carbocycles. The van der Waals surface area contributed by atoms with Gasteiger partial charge in [0, 0.05) is 0 Å². The number of ether oxygens (including phenoxy) is 1. The van der Waals surface area contributed by atoms with E-state index >= 15 is 0 Å². The average Bonchev–Trinajstić information content (AvgIpc) is 3.00. The van der Waals surface area contributed by atoms with E-state index < -0.39 is 47.8 Å². The fraction of sp³-hybridized carbons (Fsp3) is 0.500. The van der Waals surface area contributed by atoms with E-state index in [1.165, 1.54) is 24.3 Å². The summed E-state index contributed by atoms with van der Waals surface area (Å²) in [5, 5.41) is -1.21. The summed E-state index contributed by atoms with van der Waals surface area (Å²) in [6.45, 7) is 9.46. The van der Waals surface area contributed by atoms with Crippen LogP contribution in [0.2, 0.25) is 18.1 Å². The molecule has 29 heavy (non-hydrogen) atoms. The molecule has 1 aromatic carbocycles. The highest BCUT2D eigenvalue weighted by Gasteiger charge is 2.48. The Balaban J connectivity index is 2.28. The van der Waals surface area contributed by atoms with Crippen molar-refractivity contribution >= 4 is 35.1 Å². The number of benzene rings is 1. The van der Waals surface area contributed by atoms with Crippen molar-refractivity contribution in [2.45, 2.75) is 49.8 Å². The van der Waals surface area contributed by atoms with Gasteiger partial charge in [-0.3, -0.25) is 9.69 Å². The van der Waals surface area contributed by atoms with E-state index in [0.717, 1.165) is 4.90 Å². The highest BCUT2D eigenvalue weighted by Crippen LogP contribution is 2.36. The van der Waals surface area contributed by atoms with E-state index in [1.54, 1.807) is 6.07 Å². The minimum Gasteiger partial charge on any atom is -0.443 e. The second-order valence-corrected chi connectivity index (χ2v) is 14.9. The summed E-state index contributed by atoms with van der Waals surface area (Å²) in [5.41, 5.74) is 9.28. The van der Waals surface area contributed by atoms with Crippen LogP contribution in [0.25, 0.3) is 5.53 Å². The van der Waals surface area contributed by atoms with Crippen LogP contribution >= 0.6 is 0 Å². The van der Waals surface area contributed by atoms with Crippen molar-refractivity contribution in [2.75, 3.05) is 13.3 Å². The molecule has 0 unspecified atom stereocenters. The summed E-state index contributed by atoms with van der Waals surface area (Å²) in [6, 6.07) is 5.99. The molecule has 0 bridgehead atoms. The maximum atomic E-state index is 12.9. The van der Waals surface area contributed by atoms with Gasteiger partial charge in [-0.15, -0.1) is 4.79 Å². The maximum Gasteiger partial charge on any atom is 0.473 e. The number of carbonyl (C=O) groups excluding carboxylic acids is 2. The fourth-order valence-corrected chi connectivity index (χ4v) is 4.55. The molecular weight excluding hydrogens is 414 g/mol. The molecule has 0 aromatic heterocycles.